The number of hydrogen-bond acceptors (Lipinski definition) is 5. The van der Waals surface area contributed by atoms with Gasteiger partial charge in [0.15, 0.2) is 0 Å². The molecule has 21 heavy (non-hydrogen) atoms. The number of carbonyl (C=O) groups excluding carboxylic acids is 1. The summed E-state index contributed by atoms with van der Waals surface area (Å²) < 4.78 is 2.19. The topological polar surface area (TPSA) is 71.2 Å². The van der Waals surface area contributed by atoms with Crippen LogP contribution in [0.5, 0.6) is 0 Å². The summed E-state index contributed by atoms with van der Waals surface area (Å²) in [6.45, 7) is 2.79. The van der Waals surface area contributed by atoms with Crippen molar-refractivity contribution in [3.05, 3.63) is 59.9 Å². The molecular weight excluding hydrogens is 284 g/mol. The number of nitrogen functional groups attached to an aromatic ring is 1. The van der Waals surface area contributed by atoms with Gasteiger partial charge in [0.25, 0.3) is 5.91 Å². The van der Waals surface area contributed by atoms with Crippen molar-refractivity contribution >= 4 is 23.5 Å². The molecule has 5 nitrogen and oxygen atoms in total. The number of pyridine rings is 1. The minimum Gasteiger partial charge on any atom is -0.310 e. The predicted molar refractivity (Wildman–Crippen MR) is 86.6 cm³/mol. The first kappa shape index (κ1) is 15.3. The lowest BCUT2D eigenvalue weighted by Crippen LogP contribution is -2.30. The Labute approximate surface area is 128 Å². The van der Waals surface area contributed by atoms with Crippen LogP contribution in [0.25, 0.3) is 0 Å². The molecule has 2 aromatic rings. The minimum absolute atomic E-state index is 0.336. The highest BCUT2D eigenvalue weighted by Crippen LogP contribution is 2.24. The zero-order valence-corrected chi connectivity index (χ0v) is 12.6. The number of nitrogens with zero attached hydrogens (tertiary/aromatic N) is 2. The van der Waals surface area contributed by atoms with E-state index < -0.39 is 0 Å². The van der Waals surface area contributed by atoms with Gasteiger partial charge in [0.1, 0.15) is 0 Å². The van der Waals surface area contributed by atoms with Gasteiger partial charge in [-0.25, -0.2) is 5.84 Å². The number of rotatable bonds is 6. The summed E-state index contributed by atoms with van der Waals surface area (Å²) in [5, 5.41) is 0. The predicted octanol–water partition coefficient (Wildman–Crippen LogP) is 2.36. The van der Waals surface area contributed by atoms with E-state index in [0.717, 1.165) is 17.1 Å². The summed E-state index contributed by atoms with van der Waals surface area (Å²) >= 11 is 1.73. The number of carbonyl (C=O) groups is 1. The lowest BCUT2D eigenvalue weighted by molar-refractivity contribution is 0.0953. The second-order valence-corrected chi connectivity index (χ2v) is 5.58. The van der Waals surface area contributed by atoms with Crippen molar-refractivity contribution in [2.24, 2.45) is 5.84 Å². The maximum atomic E-state index is 11.4. The molecule has 0 radical (unpaired) electrons. The van der Waals surface area contributed by atoms with Crippen molar-refractivity contribution in [1.82, 2.24) is 10.4 Å². The molecule has 2 rings (SSSR count). The largest absolute Gasteiger partial charge is 0.310 e. The fourth-order valence-corrected chi connectivity index (χ4v) is 2.65. The van der Waals surface area contributed by atoms with E-state index in [1.165, 1.54) is 6.20 Å². The second kappa shape index (κ2) is 7.66. The van der Waals surface area contributed by atoms with Gasteiger partial charge in [0, 0.05) is 17.6 Å². The van der Waals surface area contributed by atoms with Crippen molar-refractivity contribution in [1.29, 1.82) is 0 Å². The van der Waals surface area contributed by atoms with Gasteiger partial charge in [0.2, 0.25) is 0 Å². The van der Waals surface area contributed by atoms with E-state index in [9.17, 15) is 4.79 Å². The van der Waals surface area contributed by atoms with Crippen LogP contribution in [-0.4, -0.2) is 16.6 Å². The van der Waals surface area contributed by atoms with Gasteiger partial charge in [-0.15, -0.1) is 0 Å². The average Bonchev–Trinajstić information content (AvgIpc) is 2.55. The first-order valence-electron chi connectivity index (χ1n) is 6.66. The summed E-state index contributed by atoms with van der Waals surface area (Å²) in [6, 6.07) is 13.7. The highest BCUT2D eigenvalue weighted by molar-refractivity contribution is 8.00. The first-order valence-corrected chi connectivity index (χ1v) is 7.60. The molecule has 0 aliphatic rings. The summed E-state index contributed by atoms with van der Waals surface area (Å²) in [7, 11) is 0. The molecule has 0 atom stereocenters. The van der Waals surface area contributed by atoms with E-state index in [2.05, 4.69) is 33.8 Å². The van der Waals surface area contributed by atoms with Crippen LogP contribution in [0.3, 0.4) is 0 Å². The van der Waals surface area contributed by atoms with Crippen LogP contribution in [0.1, 0.15) is 23.0 Å². The smallest absolute Gasteiger partial charge is 0.266 e. The van der Waals surface area contributed by atoms with Crippen molar-refractivity contribution in [2.75, 3.05) is 10.1 Å². The normalized spacial score (nSPS) is 10.2. The molecule has 1 aromatic carbocycles. The molecule has 0 aliphatic carbocycles. The van der Waals surface area contributed by atoms with Gasteiger partial charge in [-0.2, -0.15) is 0 Å². The SMILES string of the molecule is CCSN(Cc1ccc(C(=O)NN)cn1)c1ccccc1. The Kier molecular flexibility index (Phi) is 5.59. The van der Waals surface area contributed by atoms with Crippen LogP contribution in [-0.2, 0) is 6.54 Å². The van der Waals surface area contributed by atoms with E-state index in [1.54, 1.807) is 18.0 Å². The molecule has 0 aliphatic heterocycles. The standard InChI is InChI=1S/C15H18N4OS/c1-2-21-19(14-6-4-3-5-7-14)11-13-9-8-12(10-17-13)15(20)18-16/h3-10H,2,11,16H2,1H3,(H,18,20). The summed E-state index contributed by atoms with van der Waals surface area (Å²) in [5.41, 5.74) is 4.58. The molecule has 1 heterocycles. The van der Waals surface area contributed by atoms with Gasteiger partial charge in [-0.05, 0) is 36.2 Å². The molecular formula is C15H18N4OS. The molecule has 0 spiro atoms. The van der Waals surface area contributed by atoms with Crippen molar-refractivity contribution in [3.8, 4) is 0 Å². The molecule has 0 saturated carbocycles. The number of anilines is 1. The summed E-state index contributed by atoms with van der Waals surface area (Å²) in [5.74, 6) is 5.74. The van der Waals surface area contributed by atoms with Gasteiger partial charge >= 0.3 is 0 Å². The Morgan fingerprint density at radius 3 is 2.62 bits per heavy atom. The number of benzene rings is 1. The number of amides is 1. The third kappa shape index (κ3) is 4.21. The van der Waals surface area contributed by atoms with E-state index in [1.807, 2.05) is 24.3 Å². The Bertz CT molecular complexity index is 574. The molecule has 0 fully saturated rings. The highest BCUT2D eigenvalue weighted by atomic mass is 32.2. The Morgan fingerprint density at radius 2 is 2.05 bits per heavy atom. The second-order valence-electron chi connectivity index (χ2n) is 4.30. The maximum absolute atomic E-state index is 11.4. The maximum Gasteiger partial charge on any atom is 0.266 e. The third-order valence-electron chi connectivity index (χ3n) is 2.85. The number of nitrogens with two attached hydrogens (primary N) is 1. The molecule has 0 unspecified atom stereocenters. The summed E-state index contributed by atoms with van der Waals surface area (Å²) in [4.78, 5) is 15.7. The fraction of sp³-hybridized carbons (Fsp3) is 0.200. The van der Waals surface area contributed by atoms with Crippen molar-refractivity contribution < 1.29 is 4.79 Å². The van der Waals surface area contributed by atoms with E-state index in [-0.39, 0.29) is 5.91 Å². The molecule has 3 N–H and O–H groups in total. The van der Waals surface area contributed by atoms with Crippen molar-refractivity contribution in [2.45, 2.75) is 13.5 Å². The lowest BCUT2D eigenvalue weighted by atomic mass is 10.2. The lowest BCUT2D eigenvalue weighted by Gasteiger charge is -2.22. The van der Waals surface area contributed by atoms with Gasteiger partial charge in [0.05, 0.1) is 17.8 Å². The summed E-state index contributed by atoms with van der Waals surface area (Å²) in [6.07, 6.45) is 1.54. The van der Waals surface area contributed by atoms with Crippen LogP contribution in [0.4, 0.5) is 5.69 Å². The zero-order valence-electron chi connectivity index (χ0n) is 11.8. The Hall–Kier alpha value is -2.05. The number of nitrogens with one attached hydrogen (secondary N) is 1. The van der Waals surface area contributed by atoms with Crippen LogP contribution < -0.4 is 15.6 Å². The van der Waals surface area contributed by atoms with E-state index in [0.29, 0.717) is 12.1 Å². The average molecular weight is 302 g/mol. The molecule has 1 amide bonds. The molecule has 6 heteroatoms. The van der Waals surface area contributed by atoms with Crippen LogP contribution >= 0.6 is 11.9 Å². The monoisotopic (exact) mass is 302 g/mol. The fourth-order valence-electron chi connectivity index (χ4n) is 1.84. The molecule has 1 aromatic heterocycles. The Morgan fingerprint density at radius 1 is 1.29 bits per heavy atom. The first-order chi connectivity index (χ1) is 10.2. The quantitative estimate of drug-likeness (QED) is 0.371. The van der Waals surface area contributed by atoms with Crippen LogP contribution in [0.2, 0.25) is 0 Å². The molecule has 0 saturated heterocycles. The van der Waals surface area contributed by atoms with Crippen LogP contribution in [0, 0.1) is 0 Å². The van der Waals surface area contributed by atoms with Crippen molar-refractivity contribution in [3.63, 3.8) is 0 Å². The van der Waals surface area contributed by atoms with E-state index in [4.69, 9.17) is 5.84 Å². The number of hydrazine groups is 1. The van der Waals surface area contributed by atoms with Gasteiger partial charge in [-0.3, -0.25) is 15.2 Å². The number of aromatic nitrogens is 1. The number of para-hydroxylation sites is 1. The molecule has 110 valence electrons. The van der Waals surface area contributed by atoms with Crippen LogP contribution in [0.15, 0.2) is 48.7 Å². The van der Waals surface area contributed by atoms with Gasteiger partial charge < -0.3 is 4.31 Å². The zero-order chi connectivity index (χ0) is 15.1. The van der Waals surface area contributed by atoms with E-state index >= 15 is 0 Å². The Balaban J connectivity index is 2.12. The minimum atomic E-state index is -0.336. The number of hydrogen-bond donors (Lipinski definition) is 2. The van der Waals surface area contributed by atoms with Gasteiger partial charge in [-0.1, -0.05) is 25.1 Å². The molecule has 0 bridgehead atoms. The third-order valence-corrected chi connectivity index (χ3v) is 3.76. The highest BCUT2D eigenvalue weighted by Gasteiger charge is 2.09.